The number of methoxy groups -OCH3 is 2. The number of carbonyl (C=O) groups excluding carboxylic acids is 2. The molecule has 0 unspecified atom stereocenters. The van der Waals surface area contributed by atoms with Crippen LogP contribution in [0.25, 0.3) is 16.9 Å². The molecular weight excluding hydrogens is 588 g/mol. The van der Waals surface area contributed by atoms with E-state index in [1.807, 2.05) is 79.2 Å². The summed E-state index contributed by atoms with van der Waals surface area (Å²) in [6.45, 7) is 4.08. The second-order valence-corrected chi connectivity index (χ2v) is 11.9. The van der Waals surface area contributed by atoms with Crippen molar-refractivity contribution in [2.45, 2.75) is 25.6 Å². The predicted octanol–water partition coefficient (Wildman–Crippen LogP) is 6.25. The molecule has 0 radical (unpaired) electrons. The van der Waals surface area contributed by atoms with Gasteiger partial charge in [-0.05, 0) is 55.8 Å². The first kappa shape index (κ1) is 30.1. The number of hydrogen-bond donors (Lipinski definition) is 1. The summed E-state index contributed by atoms with van der Waals surface area (Å²) in [7, 11) is 3.25. The number of amides is 2. The number of aryl methyl sites for hydroxylation is 2. The standard InChI is InChI=1S/C35H34N4O5S/c1-22-12-14-28(23(2)17-22)39-35-32(33(37-39)24-9-6-5-7-10-24)34(27-18-25(42-3)13-15-29(27)43-4)45-21-31(41)38(35)20-30(40)36-19-26-11-8-16-44-26/h5-18,34H,19-21H2,1-4H3,(H,36,40)/t34-/m0/s1. The first-order valence-corrected chi connectivity index (χ1v) is 15.6. The van der Waals surface area contributed by atoms with Crippen molar-refractivity contribution in [3.63, 3.8) is 0 Å². The molecule has 0 bridgehead atoms. The number of anilines is 1. The van der Waals surface area contributed by atoms with Crippen molar-refractivity contribution in [3.8, 4) is 28.4 Å². The van der Waals surface area contributed by atoms with Gasteiger partial charge < -0.3 is 19.2 Å². The third-order valence-corrected chi connectivity index (χ3v) is 9.01. The van der Waals surface area contributed by atoms with Gasteiger partial charge in [0.2, 0.25) is 11.8 Å². The van der Waals surface area contributed by atoms with E-state index in [-0.39, 0.29) is 35.9 Å². The molecule has 45 heavy (non-hydrogen) atoms. The third kappa shape index (κ3) is 6.06. The number of thioether (sulfide) groups is 1. The smallest absolute Gasteiger partial charge is 0.240 e. The Morgan fingerprint density at radius 2 is 1.84 bits per heavy atom. The fourth-order valence-electron chi connectivity index (χ4n) is 5.63. The predicted molar refractivity (Wildman–Crippen MR) is 175 cm³/mol. The molecule has 6 rings (SSSR count). The van der Waals surface area contributed by atoms with Crippen molar-refractivity contribution in [2.75, 3.05) is 31.4 Å². The maximum absolute atomic E-state index is 14.1. The Morgan fingerprint density at radius 1 is 1.02 bits per heavy atom. The molecule has 0 saturated heterocycles. The van der Waals surface area contributed by atoms with Crippen molar-refractivity contribution in [2.24, 2.45) is 0 Å². The van der Waals surface area contributed by atoms with E-state index >= 15 is 0 Å². The Hall–Kier alpha value is -4.96. The fraction of sp³-hybridized carbons (Fsp3) is 0.229. The Balaban J connectivity index is 1.59. The minimum absolute atomic E-state index is 0.131. The minimum atomic E-state index is -0.375. The molecule has 0 saturated carbocycles. The van der Waals surface area contributed by atoms with Crippen LogP contribution >= 0.6 is 11.8 Å². The molecule has 0 fully saturated rings. The van der Waals surface area contributed by atoms with Crippen LogP contribution in [0.2, 0.25) is 0 Å². The molecule has 10 heteroatoms. The molecule has 230 valence electrons. The van der Waals surface area contributed by atoms with E-state index in [1.165, 1.54) is 11.8 Å². The number of hydrogen-bond acceptors (Lipinski definition) is 7. The molecule has 2 amide bonds. The summed E-state index contributed by atoms with van der Waals surface area (Å²) >= 11 is 1.48. The average Bonchev–Trinajstić information content (AvgIpc) is 3.69. The van der Waals surface area contributed by atoms with E-state index in [9.17, 15) is 9.59 Å². The molecule has 1 aliphatic heterocycles. The lowest BCUT2D eigenvalue weighted by atomic mass is 9.98. The lowest BCUT2D eigenvalue weighted by Crippen LogP contribution is -2.42. The van der Waals surface area contributed by atoms with Crippen LogP contribution in [-0.2, 0) is 16.1 Å². The maximum atomic E-state index is 14.1. The van der Waals surface area contributed by atoms with Gasteiger partial charge in [-0.15, -0.1) is 11.8 Å². The summed E-state index contributed by atoms with van der Waals surface area (Å²) in [5, 5.41) is 7.73. The average molecular weight is 623 g/mol. The molecule has 3 aromatic carbocycles. The Labute approximate surface area is 266 Å². The first-order valence-electron chi connectivity index (χ1n) is 14.6. The van der Waals surface area contributed by atoms with Crippen LogP contribution in [0, 0.1) is 13.8 Å². The highest BCUT2D eigenvalue weighted by Gasteiger charge is 2.39. The Morgan fingerprint density at radius 3 is 2.56 bits per heavy atom. The zero-order chi connectivity index (χ0) is 31.5. The summed E-state index contributed by atoms with van der Waals surface area (Å²) in [5.74, 6) is 2.10. The number of benzene rings is 3. The van der Waals surface area contributed by atoms with E-state index in [0.717, 1.165) is 33.5 Å². The van der Waals surface area contributed by atoms with Crippen LogP contribution in [0.5, 0.6) is 11.5 Å². The van der Waals surface area contributed by atoms with Gasteiger partial charge in [0.05, 0.1) is 49.4 Å². The summed E-state index contributed by atoms with van der Waals surface area (Å²) in [6, 6.07) is 25.2. The largest absolute Gasteiger partial charge is 0.497 e. The monoisotopic (exact) mass is 622 g/mol. The van der Waals surface area contributed by atoms with Crippen molar-refractivity contribution in [1.82, 2.24) is 15.1 Å². The third-order valence-electron chi connectivity index (χ3n) is 7.78. The van der Waals surface area contributed by atoms with Gasteiger partial charge in [0.25, 0.3) is 0 Å². The molecule has 3 heterocycles. The zero-order valence-corrected chi connectivity index (χ0v) is 26.4. The van der Waals surface area contributed by atoms with Gasteiger partial charge in [-0.25, -0.2) is 4.68 Å². The van der Waals surface area contributed by atoms with Gasteiger partial charge in [-0.2, -0.15) is 5.10 Å². The van der Waals surface area contributed by atoms with E-state index in [1.54, 1.807) is 37.5 Å². The number of rotatable bonds is 9. The van der Waals surface area contributed by atoms with E-state index in [2.05, 4.69) is 11.4 Å². The van der Waals surface area contributed by atoms with Gasteiger partial charge >= 0.3 is 0 Å². The number of aromatic nitrogens is 2. The fourth-order valence-corrected chi connectivity index (χ4v) is 6.84. The zero-order valence-electron chi connectivity index (χ0n) is 25.6. The highest BCUT2D eigenvalue weighted by molar-refractivity contribution is 8.00. The van der Waals surface area contributed by atoms with E-state index in [4.69, 9.17) is 19.0 Å². The van der Waals surface area contributed by atoms with Gasteiger partial charge in [0.15, 0.2) is 0 Å². The number of fused-ring (bicyclic) bond motifs is 1. The first-order chi connectivity index (χ1) is 21.9. The van der Waals surface area contributed by atoms with Crippen molar-refractivity contribution >= 4 is 29.4 Å². The van der Waals surface area contributed by atoms with Crippen LogP contribution in [-0.4, -0.2) is 48.1 Å². The van der Waals surface area contributed by atoms with Crippen LogP contribution in [0.3, 0.4) is 0 Å². The highest BCUT2D eigenvalue weighted by Crippen LogP contribution is 2.51. The summed E-state index contributed by atoms with van der Waals surface area (Å²) in [4.78, 5) is 29.1. The van der Waals surface area contributed by atoms with Crippen molar-refractivity contribution in [3.05, 3.63) is 113 Å². The molecule has 2 aromatic heterocycles. The normalized spacial score (nSPS) is 14.5. The molecule has 5 aromatic rings. The second-order valence-electron chi connectivity index (χ2n) is 10.8. The highest BCUT2D eigenvalue weighted by atomic mass is 32.2. The maximum Gasteiger partial charge on any atom is 0.240 e. The Kier molecular flexibility index (Phi) is 8.66. The lowest BCUT2D eigenvalue weighted by Gasteiger charge is -2.24. The minimum Gasteiger partial charge on any atom is -0.497 e. The van der Waals surface area contributed by atoms with Gasteiger partial charge in [-0.1, -0.05) is 48.0 Å². The van der Waals surface area contributed by atoms with Crippen molar-refractivity contribution < 1.29 is 23.5 Å². The van der Waals surface area contributed by atoms with Crippen LogP contribution < -0.4 is 19.7 Å². The van der Waals surface area contributed by atoms with Gasteiger partial charge in [-0.3, -0.25) is 14.5 Å². The topological polar surface area (TPSA) is 98.8 Å². The molecule has 1 N–H and O–H groups in total. The molecule has 1 aliphatic rings. The SMILES string of the molecule is COc1ccc(OC)c([C@@H]2SCC(=O)N(CC(=O)NCc3ccco3)c3c2c(-c2ccccc2)nn3-c2ccc(C)cc2C)c1. The molecule has 9 nitrogen and oxygen atoms in total. The molecule has 0 spiro atoms. The lowest BCUT2D eigenvalue weighted by molar-refractivity contribution is -0.123. The van der Waals surface area contributed by atoms with Crippen LogP contribution in [0.15, 0.2) is 89.5 Å². The van der Waals surface area contributed by atoms with Gasteiger partial charge in [0, 0.05) is 16.7 Å². The number of nitrogens with one attached hydrogen (secondary N) is 1. The van der Waals surface area contributed by atoms with Gasteiger partial charge in [0.1, 0.15) is 29.6 Å². The van der Waals surface area contributed by atoms with E-state index < -0.39 is 0 Å². The quantitative estimate of drug-likeness (QED) is 0.207. The van der Waals surface area contributed by atoms with Crippen LogP contribution in [0.1, 0.15) is 33.3 Å². The summed E-state index contributed by atoms with van der Waals surface area (Å²) < 4.78 is 18.7. The molecule has 1 atom stereocenters. The summed E-state index contributed by atoms with van der Waals surface area (Å²) in [5.41, 5.74) is 6.17. The number of ether oxygens (including phenoxy) is 2. The molecule has 0 aliphatic carbocycles. The summed E-state index contributed by atoms with van der Waals surface area (Å²) in [6.07, 6.45) is 1.56. The van der Waals surface area contributed by atoms with E-state index in [0.29, 0.717) is 28.8 Å². The number of nitrogens with zero attached hydrogens (tertiary/aromatic N) is 3. The number of carbonyl (C=O) groups is 2. The van der Waals surface area contributed by atoms with Crippen LogP contribution in [0.4, 0.5) is 5.82 Å². The number of furan rings is 1. The Bertz CT molecular complexity index is 1830. The second kappa shape index (κ2) is 13.0. The molecular formula is C35H34N4O5S. The van der Waals surface area contributed by atoms with Crippen molar-refractivity contribution in [1.29, 1.82) is 0 Å².